The molecular weight excluding hydrogens is 236 g/mol. The fraction of sp³-hybridized carbons (Fsp3) is 0.143. The average molecular weight is 246 g/mol. The second-order valence-electron chi connectivity index (χ2n) is 2.31. The van der Waals surface area contributed by atoms with Crippen molar-refractivity contribution >= 4 is 47.9 Å². The molecule has 0 aliphatic rings. The molecule has 76 valence electrons. The molecular formula is C7H10CaO5S. The van der Waals surface area contributed by atoms with Gasteiger partial charge < -0.3 is 12.7 Å². The summed E-state index contributed by atoms with van der Waals surface area (Å²) in [7, 11) is -2.93. The fourth-order valence-corrected chi connectivity index (χ4v) is 1.33. The molecule has 0 unspecified atom stereocenters. The van der Waals surface area contributed by atoms with Crippen LogP contribution in [0.3, 0.4) is 0 Å². The summed E-state index contributed by atoms with van der Waals surface area (Å²) >= 11 is 0. The zero-order valence-electron chi connectivity index (χ0n) is 9.47. The van der Waals surface area contributed by atoms with Gasteiger partial charge in [0.1, 0.15) is 0 Å². The van der Waals surface area contributed by atoms with Crippen LogP contribution in [0.4, 0.5) is 0 Å². The van der Waals surface area contributed by atoms with Crippen LogP contribution in [0.15, 0.2) is 23.1 Å². The van der Waals surface area contributed by atoms with Crippen LogP contribution in [0.2, 0.25) is 0 Å². The molecule has 0 atom stereocenters. The van der Waals surface area contributed by atoms with Crippen LogP contribution in [-0.4, -0.2) is 62.9 Å². The Morgan fingerprint density at radius 1 is 1.43 bits per heavy atom. The van der Waals surface area contributed by atoms with Crippen LogP contribution in [0, 0.1) is 0 Å². The average Bonchev–Trinajstić information content (AvgIpc) is 2.02. The number of phenolic OH excluding ortho intramolecular Hbond substituents is 1. The number of phenols is 1. The molecule has 2 N–H and O–H groups in total. The zero-order valence-corrected chi connectivity index (χ0v) is 10.5. The number of rotatable bonds is 2. The number of ether oxygens (including phenoxy) is 1. The minimum atomic E-state index is -4.27. The van der Waals surface area contributed by atoms with Gasteiger partial charge in [-0.2, -0.15) is 8.42 Å². The van der Waals surface area contributed by atoms with Gasteiger partial charge in [-0.25, -0.2) is 0 Å². The molecule has 0 aliphatic carbocycles. The van der Waals surface area contributed by atoms with Gasteiger partial charge in [0, 0.05) is 6.07 Å². The van der Waals surface area contributed by atoms with E-state index in [0.717, 1.165) is 12.1 Å². The Morgan fingerprint density at radius 3 is 2.36 bits per heavy atom. The third-order valence-electron chi connectivity index (χ3n) is 1.45. The summed E-state index contributed by atoms with van der Waals surface area (Å²) in [5, 5.41) is 9.15. The first-order valence-electron chi connectivity index (χ1n) is 3.29. The monoisotopic (exact) mass is 246 g/mol. The van der Waals surface area contributed by atoms with Crippen molar-refractivity contribution in [2.24, 2.45) is 0 Å². The Kier molecular flexibility index (Phi) is 5.17. The van der Waals surface area contributed by atoms with Crippen molar-refractivity contribution < 1.29 is 25.7 Å². The van der Waals surface area contributed by atoms with E-state index in [9.17, 15) is 8.42 Å². The van der Waals surface area contributed by atoms with Gasteiger partial charge in [0.05, 0.1) is 12.0 Å². The second kappa shape index (κ2) is 5.18. The Labute approximate surface area is 114 Å². The van der Waals surface area contributed by atoms with E-state index >= 15 is 0 Å². The van der Waals surface area contributed by atoms with E-state index < -0.39 is 10.1 Å². The molecule has 14 heavy (non-hydrogen) atoms. The van der Waals surface area contributed by atoms with Gasteiger partial charge in [-0.3, -0.25) is 4.55 Å². The molecule has 0 aliphatic heterocycles. The van der Waals surface area contributed by atoms with Gasteiger partial charge in [-0.1, -0.05) is 0 Å². The number of methoxy groups -OCH3 is 1. The number of aromatic hydroxyl groups is 1. The summed E-state index contributed by atoms with van der Waals surface area (Å²) in [4.78, 5) is -0.370. The van der Waals surface area contributed by atoms with Crippen LogP contribution >= 0.6 is 0 Å². The van der Waals surface area contributed by atoms with E-state index in [1.165, 1.54) is 13.2 Å². The molecule has 0 saturated carbocycles. The molecule has 0 spiro atoms. The van der Waals surface area contributed by atoms with E-state index in [1.807, 2.05) is 0 Å². The number of hydrogen-bond acceptors (Lipinski definition) is 4. The summed E-state index contributed by atoms with van der Waals surface area (Å²) in [6, 6.07) is 3.29. The van der Waals surface area contributed by atoms with E-state index in [1.54, 1.807) is 0 Å². The Balaban J connectivity index is -0.000000563. The summed E-state index contributed by atoms with van der Waals surface area (Å²) in [5.74, 6) is -0.190. The van der Waals surface area contributed by atoms with E-state index in [0.29, 0.717) is 0 Å². The van der Waals surface area contributed by atoms with Crippen LogP contribution < -0.4 is 4.74 Å². The standard InChI is InChI=1S/C7H8O5S.Ca.2H/c1-12-7-3-2-5(4-6(7)8)13(9,10)11;;;/h2-4,8H,1H3,(H,9,10,11);;;/q;+2;2*-1. The third-order valence-corrected chi connectivity index (χ3v) is 2.30. The molecule has 1 aromatic carbocycles. The maximum atomic E-state index is 10.6. The Hall–Kier alpha value is -0.0103. The predicted molar refractivity (Wildman–Crippen MR) is 52.5 cm³/mol. The van der Waals surface area contributed by atoms with Gasteiger partial charge in [-0.15, -0.1) is 0 Å². The molecule has 0 bridgehead atoms. The topological polar surface area (TPSA) is 83.8 Å². The van der Waals surface area contributed by atoms with Crippen LogP contribution in [0.5, 0.6) is 11.5 Å². The zero-order chi connectivity index (χ0) is 10.1. The van der Waals surface area contributed by atoms with E-state index in [-0.39, 0.29) is 57.0 Å². The largest absolute Gasteiger partial charge is 2.00 e. The third kappa shape index (κ3) is 3.29. The van der Waals surface area contributed by atoms with Gasteiger partial charge in [0.2, 0.25) is 0 Å². The molecule has 0 radical (unpaired) electrons. The maximum absolute atomic E-state index is 10.6. The number of benzene rings is 1. The van der Waals surface area contributed by atoms with Gasteiger partial charge in [0.25, 0.3) is 10.1 Å². The Morgan fingerprint density at radius 2 is 2.00 bits per heavy atom. The molecule has 5 nitrogen and oxygen atoms in total. The van der Waals surface area contributed by atoms with Crippen molar-refractivity contribution in [3.8, 4) is 11.5 Å². The summed E-state index contributed by atoms with van der Waals surface area (Å²) in [6.07, 6.45) is 0. The van der Waals surface area contributed by atoms with E-state index in [4.69, 9.17) is 9.66 Å². The molecule has 0 saturated heterocycles. The van der Waals surface area contributed by atoms with Crippen molar-refractivity contribution in [3.05, 3.63) is 18.2 Å². The van der Waals surface area contributed by atoms with Crippen molar-refractivity contribution in [3.63, 3.8) is 0 Å². The first-order chi connectivity index (χ1) is 5.95. The molecule has 7 heteroatoms. The fourth-order valence-electron chi connectivity index (χ4n) is 0.830. The Bertz CT molecular complexity index is 423. The molecule has 1 rings (SSSR count). The van der Waals surface area contributed by atoms with Crippen LogP contribution in [0.25, 0.3) is 0 Å². The molecule has 0 amide bonds. The quantitative estimate of drug-likeness (QED) is 0.586. The predicted octanol–water partition coefficient (Wildman–Crippen LogP) is 0.492. The summed E-state index contributed by atoms with van der Waals surface area (Å²) in [5.41, 5.74) is 0. The minimum Gasteiger partial charge on any atom is -1.00 e. The van der Waals surface area contributed by atoms with Crippen LogP contribution in [-0.2, 0) is 10.1 Å². The first kappa shape index (κ1) is 14.0. The van der Waals surface area contributed by atoms with E-state index in [2.05, 4.69) is 4.74 Å². The second-order valence-corrected chi connectivity index (χ2v) is 3.73. The summed E-state index contributed by atoms with van der Waals surface area (Å²) < 4.78 is 34.5. The number of hydrogen-bond donors (Lipinski definition) is 2. The van der Waals surface area contributed by atoms with Crippen molar-refractivity contribution in [1.29, 1.82) is 0 Å². The minimum absolute atomic E-state index is 0. The van der Waals surface area contributed by atoms with Gasteiger partial charge in [-0.05, 0) is 12.1 Å². The smallest absolute Gasteiger partial charge is 1.00 e. The SMILES string of the molecule is COc1ccc(S(=O)(=O)O)cc1O.[Ca+2].[H-].[H-]. The first-order valence-corrected chi connectivity index (χ1v) is 4.73. The van der Waals surface area contributed by atoms with Gasteiger partial charge in [0.15, 0.2) is 11.5 Å². The molecule has 0 heterocycles. The maximum Gasteiger partial charge on any atom is 2.00 e. The molecule has 0 aromatic heterocycles. The van der Waals surface area contributed by atoms with Crippen molar-refractivity contribution in [1.82, 2.24) is 0 Å². The summed E-state index contributed by atoms with van der Waals surface area (Å²) in [6.45, 7) is 0. The normalized spacial score (nSPS) is 10.4. The van der Waals surface area contributed by atoms with Crippen LogP contribution in [0.1, 0.15) is 2.85 Å². The molecule has 0 fully saturated rings. The van der Waals surface area contributed by atoms with Gasteiger partial charge >= 0.3 is 37.7 Å². The van der Waals surface area contributed by atoms with Crippen molar-refractivity contribution in [2.45, 2.75) is 4.90 Å². The molecule has 1 aromatic rings. The van der Waals surface area contributed by atoms with Crippen molar-refractivity contribution in [2.75, 3.05) is 7.11 Å².